The van der Waals surface area contributed by atoms with E-state index in [1.54, 1.807) is 37.3 Å². The maximum atomic E-state index is 12.7. The lowest BCUT2D eigenvalue weighted by atomic mass is 9.96. The summed E-state index contributed by atoms with van der Waals surface area (Å²) in [6.45, 7) is 5.94. The van der Waals surface area contributed by atoms with Crippen molar-refractivity contribution in [1.29, 1.82) is 0 Å². The Morgan fingerprint density at radius 3 is 2.37 bits per heavy atom. The van der Waals surface area contributed by atoms with E-state index in [9.17, 15) is 14.4 Å². The number of carbonyl (C=O) groups is 3. The van der Waals surface area contributed by atoms with Crippen molar-refractivity contribution in [1.82, 2.24) is 10.2 Å². The third-order valence-corrected chi connectivity index (χ3v) is 5.61. The second kappa shape index (κ2) is 10.3. The Balaban J connectivity index is 1.41. The molecule has 0 atom stereocenters. The van der Waals surface area contributed by atoms with E-state index >= 15 is 0 Å². The molecule has 162 valence electrons. The van der Waals surface area contributed by atoms with Gasteiger partial charge < -0.3 is 19.7 Å². The molecule has 0 spiro atoms. The predicted molar refractivity (Wildman–Crippen MR) is 112 cm³/mol. The molecular weight excluding hydrogens is 384 g/mol. The Kier molecular flexibility index (Phi) is 7.49. The van der Waals surface area contributed by atoms with Gasteiger partial charge in [-0.15, -0.1) is 0 Å². The predicted octanol–water partition coefficient (Wildman–Crippen LogP) is 3.55. The molecule has 7 heteroatoms. The van der Waals surface area contributed by atoms with Crippen molar-refractivity contribution >= 4 is 18.0 Å². The highest BCUT2D eigenvalue weighted by Gasteiger charge is 2.25. The second-order valence-corrected chi connectivity index (χ2v) is 7.95. The summed E-state index contributed by atoms with van der Waals surface area (Å²) in [4.78, 5) is 37.9. The third kappa shape index (κ3) is 6.34. The highest BCUT2D eigenvalue weighted by Crippen LogP contribution is 2.35. The first kappa shape index (κ1) is 21.9. The molecule has 1 aliphatic heterocycles. The van der Waals surface area contributed by atoms with Crippen molar-refractivity contribution in [2.45, 2.75) is 39.5 Å². The fraction of sp³-hybridized carbons (Fsp3) is 0.522. The Morgan fingerprint density at radius 1 is 1.10 bits per heavy atom. The largest absolute Gasteiger partial charge is 0.513 e. The van der Waals surface area contributed by atoms with E-state index in [-0.39, 0.29) is 18.4 Å². The minimum Gasteiger partial charge on any atom is -0.434 e. The molecule has 0 aromatic heterocycles. The number of benzene rings is 1. The van der Waals surface area contributed by atoms with Crippen molar-refractivity contribution in [3.63, 3.8) is 0 Å². The van der Waals surface area contributed by atoms with E-state index in [0.29, 0.717) is 42.8 Å². The van der Waals surface area contributed by atoms with Gasteiger partial charge in [-0.2, -0.15) is 0 Å². The van der Waals surface area contributed by atoms with Gasteiger partial charge in [0.1, 0.15) is 5.75 Å². The van der Waals surface area contributed by atoms with Crippen LogP contribution in [0.5, 0.6) is 5.75 Å². The van der Waals surface area contributed by atoms with Gasteiger partial charge in [-0.1, -0.05) is 5.57 Å². The van der Waals surface area contributed by atoms with Crippen LogP contribution in [0.3, 0.4) is 0 Å². The number of amides is 2. The molecule has 1 aliphatic carbocycles. The Bertz CT molecular complexity index is 790. The molecule has 1 saturated heterocycles. The Morgan fingerprint density at radius 2 is 1.77 bits per heavy atom. The highest BCUT2D eigenvalue weighted by atomic mass is 16.7. The number of likely N-dealkylation sites (tertiary alicyclic amines) is 1. The molecule has 2 amide bonds. The fourth-order valence-corrected chi connectivity index (χ4v) is 3.59. The van der Waals surface area contributed by atoms with Gasteiger partial charge in [0.25, 0.3) is 5.91 Å². The number of nitrogens with zero attached hydrogens (tertiary/aromatic N) is 1. The molecule has 1 N–H and O–H groups in total. The van der Waals surface area contributed by atoms with Crippen LogP contribution in [0.15, 0.2) is 35.9 Å². The molecule has 0 unspecified atom stereocenters. The Hall–Kier alpha value is -2.83. The molecule has 2 fully saturated rings. The van der Waals surface area contributed by atoms with E-state index in [1.165, 1.54) is 18.4 Å². The molecule has 2 aliphatic rings. The maximum absolute atomic E-state index is 12.7. The summed E-state index contributed by atoms with van der Waals surface area (Å²) in [5, 5.41) is 3.00. The summed E-state index contributed by atoms with van der Waals surface area (Å²) in [5.41, 5.74) is 1.73. The lowest BCUT2D eigenvalue weighted by Gasteiger charge is -2.32. The number of carbonyl (C=O) groups excluding carboxylic acids is 3. The van der Waals surface area contributed by atoms with Crippen LogP contribution >= 0.6 is 0 Å². The SMILES string of the molecule is CCOC(=O)Oc1ccc(C(=O)N2CCC(CNC(=O)/C=C(\C)C3CC3)CC2)cc1. The van der Waals surface area contributed by atoms with Gasteiger partial charge in [0.2, 0.25) is 5.91 Å². The standard InChI is InChI=1S/C23H30N2O5/c1-3-29-23(28)30-20-8-6-19(7-9-20)22(27)25-12-10-17(11-13-25)15-24-21(26)14-16(2)18-4-5-18/h6-9,14,17-18H,3-5,10-13,15H2,1-2H3,(H,24,26)/b16-14+. The normalized spacial score (nSPS) is 17.4. The lowest BCUT2D eigenvalue weighted by molar-refractivity contribution is -0.116. The van der Waals surface area contributed by atoms with Crippen LogP contribution in [0.4, 0.5) is 4.79 Å². The zero-order valence-corrected chi connectivity index (χ0v) is 17.7. The summed E-state index contributed by atoms with van der Waals surface area (Å²) in [6, 6.07) is 6.47. The zero-order valence-electron chi connectivity index (χ0n) is 17.7. The second-order valence-electron chi connectivity index (χ2n) is 7.95. The summed E-state index contributed by atoms with van der Waals surface area (Å²) in [6.07, 6.45) is 5.09. The van der Waals surface area contributed by atoms with Gasteiger partial charge >= 0.3 is 6.16 Å². The number of nitrogens with one attached hydrogen (secondary N) is 1. The van der Waals surface area contributed by atoms with Gasteiger partial charge in [0.15, 0.2) is 0 Å². The molecule has 1 heterocycles. The molecule has 1 aromatic carbocycles. The monoisotopic (exact) mass is 414 g/mol. The van der Waals surface area contributed by atoms with Crippen LogP contribution in [0.1, 0.15) is 49.9 Å². The van der Waals surface area contributed by atoms with Crippen LogP contribution in [0.25, 0.3) is 0 Å². The van der Waals surface area contributed by atoms with Gasteiger partial charge in [-0.25, -0.2) is 4.79 Å². The van der Waals surface area contributed by atoms with Crippen LogP contribution in [-0.4, -0.2) is 49.1 Å². The molecule has 7 nitrogen and oxygen atoms in total. The van der Waals surface area contributed by atoms with Crippen LogP contribution in [0, 0.1) is 11.8 Å². The average molecular weight is 415 g/mol. The van der Waals surface area contributed by atoms with Crippen LogP contribution < -0.4 is 10.1 Å². The smallest absolute Gasteiger partial charge is 0.434 e. The highest BCUT2D eigenvalue weighted by molar-refractivity contribution is 5.94. The van der Waals surface area contributed by atoms with Crippen molar-refractivity contribution in [2.75, 3.05) is 26.2 Å². The van der Waals surface area contributed by atoms with Gasteiger partial charge in [-0.05, 0) is 75.6 Å². The summed E-state index contributed by atoms with van der Waals surface area (Å²) < 4.78 is 9.74. The van der Waals surface area contributed by atoms with Crippen LogP contribution in [0.2, 0.25) is 0 Å². The number of rotatable bonds is 7. The van der Waals surface area contributed by atoms with E-state index in [0.717, 1.165) is 12.8 Å². The first-order valence-electron chi connectivity index (χ1n) is 10.7. The van der Waals surface area contributed by atoms with Gasteiger partial charge in [0.05, 0.1) is 6.61 Å². The maximum Gasteiger partial charge on any atom is 0.513 e. The van der Waals surface area contributed by atoms with Gasteiger partial charge in [0, 0.05) is 31.3 Å². The minimum atomic E-state index is -0.760. The quantitative estimate of drug-likeness (QED) is 0.419. The van der Waals surface area contributed by atoms with Crippen molar-refractivity contribution in [3.05, 3.63) is 41.5 Å². The Labute approximate surface area is 177 Å². The molecular formula is C23H30N2O5. The topological polar surface area (TPSA) is 84.9 Å². The summed E-state index contributed by atoms with van der Waals surface area (Å²) >= 11 is 0. The van der Waals surface area contributed by atoms with E-state index in [2.05, 4.69) is 5.32 Å². The van der Waals surface area contributed by atoms with Gasteiger partial charge in [-0.3, -0.25) is 9.59 Å². The van der Waals surface area contributed by atoms with E-state index in [4.69, 9.17) is 9.47 Å². The molecule has 1 saturated carbocycles. The van der Waals surface area contributed by atoms with Crippen molar-refractivity contribution < 1.29 is 23.9 Å². The molecule has 0 bridgehead atoms. The average Bonchev–Trinajstić information content (AvgIpc) is 3.58. The first-order valence-corrected chi connectivity index (χ1v) is 10.7. The first-order chi connectivity index (χ1) is 14.5. The molecule has 1 aromatic rings. The third-order valence-electron chi connectivity index (χ3n) is 5.61. The van der Waals surface area contributed by atoms with Crippen molar-refractivity contribution in [2.24, 2.45) is 11.8 Å². The number of piperidine rings is 1. The lowest BCUT2D eigenvalue weighted by Crippen LogP contribution is -2.41. The minimum absolute atomic E-state index is 0.0111. The number of allylic oxidation sites excluding steroid dienone is 1. The van der Waals surface area contributed by atoms with E-state index < -0.39 is 6.16 Å². The molecule has 0 radical (unpaired) electrons. The summed E-state index contributed by atoms with van der Waals surface area (Å²) in [5.74, 6) is 1.28. The number of hydrogen-bond acceptors (Lipinski definition) is 5. The summed E-state index contributed by atoms with van der Waals surface area (Å²) in [7, 11) is 0. The van der Waals surface area contributed by atoms with Crippen LogP contribution in [-0.2, 0) is 9.53 Å². The number of hydrogen-bond donors (Lipinski definition) is 1. The van der Waals surface area contributed by atoms with Crippen molar-refractivity contribution in [3.8, 4) is 5.75 Å². The molecule has 30 heavy (non-hydrogen) atoms. The fourth-order valence-electron chi connectivity index (χ4n) is 3.59. The molecule has 3 rings (SSSR count). The zero-order chi connectivity index (χ0) is 21.5. The van der Waals surface area contributed by atoms with E-state index in [1.807, 2.05) is 11.8 Å². The number of ether oxygens (including phenoxy) is 2.